The summed E-state index contributed by atoms with van der Waals surface area (Å²) in [6, 6.07) is -0.558. The van der Waals surface area contributed by atoms with Crippen LogP contribution in [0.2, 0.25) is 0 Å². The monoisotopic (exact) mass is 293 g/mol. The van der Waals surface area contributed by atoms with Crippen molar-refractivity contribution in [3.05, 3.63) is 0 Å². The van der Waals surface area contributed by atoms with Gasteiger partial charge in [-0.05, 0) is 19.8 Å². The van der Waals surface area contributed by atoms with Crippen LogP contribution in [0.25, 0.3) is 0 Å². The third-order valence-electron chi connectivity index (χ3n) is 2.41. The molecule has 0 aliphatic rings. The highest BCUT2D eigenvalue weighted by Gasteiger charge is 2.27. The summed E-state index contributed by atoms with van der Waals surface area (Å²) < 4.78 is 4.94. The van der Waals surface area contributed by atoms with Gasteiger partial charge in [0.2, 0.25) is 5.91 Å². The average Bonchev–Trinajstić information content (AvgIpc) is 2.24. The highest BCUT2D eigenvalue weighted by Crippen LogP contribution is 2.10. The topological polar surface area (TPSA) is 55.4 Å². The van der Waals surface area contributed by atoms with E-state index in [2.05, 4.69) is 21.2 Å². The number of ether oxygens (including phenoxy) is 1. The number of esters is 1. The first-order valence-electron chi connectivity index (χ1n) is 5.55. The number of hydrogen-bond donors (Lipinski definition) is 1. The highest BCUT2D eigenvalue weighted by molar-refractivity contribution is 9.10. The van der Waals surface area contributed by atoms with Crippen LogP contribution in [-0.4, -0.2) is 29.4 Å². The van der Waals surface area contributed by atoms with Gasteiger partial charge >= 0.3 is 5.97 Å². The van der Waals surface area contributed by atoms with E-state index in [9.17, 15) is 9.59 Å². The lowest BCUT2D eigenvalue weighted by Crippen LogP contribution is -2.47. The molecule has 3 unspecified atom stereocenters. The number of halogens is 1. The van der Waals surface area contributed by atoms with Gasteiger partial charge in [0.25, 0.3) is 0 Å². The molecule has 94 valence electrons. The van der Waals surface area contributed by atoms with Gasteiger partial charge in [0, 0.05) is 0 Å². The molecule has 0 aliphatic carbocycles. The molecule has 0 spiro atoms. The van der Waals surface area contributed by atoms with E-state index in [-0.39, 0.29) is 22.6 Å². The van der Waals surface area contributed by atoms with Gasteiger partial charge in [-0.2, -0.15) is 0 Å². The zero-order valence-electron chi connectivity index (χ0n) is 10.2. The van der Waals surface area contributed by atoms with Crippen LogP contribution in [0.15, 0.2) is 0 Å². The maximum atomic E-state index is 11.6. The Morgan fingerprint density at radius 1 is 1.31 bits per heavy atom. The predicted molar refractivity (Wildman–Crippen MR) is 66.4 cm³/mol. The second kappa shape index (κ2) is 7.65. The maximum absolute atomic E-state index is 11.6. The van der Waals surface area contributed by atoms with E-state index in [1.165, 1.54) is 0 Å². The van der Waals surface area contributed by atoms with Crippen molar-refractivity contribution in [3.63, 3.8) is 0 Å². The molecular formula is C11H20BrNO3. The van der Waals surface area contributed by atoms with E-state index >= 15 is 0 Å². The molecule has 0 aliphatic heterocycles. The fourth-order valence-electron chi connectivity index (χ4n) is 1.17. The minimum Gasteiger partial charge on any atom is -0.464 e. The summed E-state index contributed by atoms with van der Waals surface area (Å²) in [7, 11) is 0. The van der Waals surface area contributed by atoms with Crippen LogP contribution in [0.4, 0.5) is 0 Å². The van der Waals surface area contributed by atoms with Crippen molar-refractivity contribution in [2.75, 3.05) is 6.61 Å². The minimum absolute atomic E-state index is 0.0641. The number of rotatable bonds is 6. The van der Waals surface area contributed by atoms with E-state index in [1.807, 2.05) is 13.8 Å². The molecule has 5 heteroatoms. The van der Waals surface area contributed by atoms with E-state index in [1.54, 1.807) is 13.8 Å². The summed E-state index contributed by atoms with van der Waals surface area (Å²) in [5.41, 5.74) is 0. The lowest BCUT2D eigenvalue weighted by Gasteiger charge is -2.22. The van der Waals surface area contributed by atoms with Gasteiger partial charge in [0.05, 0.1) is 11.4 Å². The van der Waals surface area contributed by atoms with Crippen molar-refractivity contribution in [2.24, 2.45) is 5.92 Å². The molecular weight excluding hydrogens is 274 g/mol. The standard InChI is InChI=1S/C11H20BrNO3/c1-5-7(3)9(11(15)16-6-2)13-10(14)8(4)12/h7-9H,5-6H2,1-4H3,(H,13,14). The van der Waals surface area contributed by atoms with Crippen molar-refractivity contribution in [1.82, 2.24) is 5.32 Å². The lowest BCUT2D eigenvalue weighted by molar-refractivity contribution is -0.148. The quantitative estimate of drug-likeness (QED) is 0.601. The van der Waals surface area contributed by atoms with Crippen molar-refractivity contribution in [3.8, 4) is 0 Å². The normalized spacial score (nSPS) is 16.1. The van der Waals surface area contributed by atoms with Gasteiger partial charge in [-0.3, -0.25) is 4.79 Å². The largest absolute Gasteiger partial charge is 0.464 e. The first kappa shape index (κ1) is 15.4. The second-order valence-electron chi connectivity index (χ2n) is 3.74. The fraction of sp³-hybridized carbons (Fsp3) is 0.818. The van der Waals surface area contributed by atoms with Crippen LogP contribution < -0.4 is 5.32 Å². The molecule has 0 heterocycles. The molecule has 1 N–H and O–H groups in total. The first-order chi connectivity index (χ1) is 7.43. The number of amides is 1. The molecule has 16 heavy (non-hydrogen) atoms. The summed E-state index contributed by atoms with van der Waals surface area (Å²) >= 11 is 3.16. The third kappa shape index (κ3) is 4.96. The Bertz CT molecular complexity index is 243. The van der Waals surface area contributed by atoms with Crippen LogP contribution in [0.1, 0.15) is 34.1 Å². The van der Waals surface area contributed by atoms with Crippen LogP contribution in [0.3, 0.4) is 0 Å². The highest BCUT2D eigenvalue weighted by atomic mass is 79.9. The molecule has 0 radical (unpaired) electrons. The minimum atomic E-state index is -0.558. The molecule has 0 saturated carbocycles. The lowest BCUT2D eigenvalue weighted by atomic mass is 9.99. The molecule has 3 atom stereocenters. The molecule has 0 rings (SSSR count). The molecule has 0 aromatic heterocycles. The molecule has 0 bridgehead atoms. The van der Waals surface area contributed by atoms with Crippen LogP contribution in [0, 0.1) is 5.92 Å². The summed E-state index contributed by atoms with van der Waals surface area (Å²) in [5.74, 6) is -0.494. The number of alkyl halides is 1. The van der Waals surface area contributed by atoms with E-state index < -0.39 is 6.04 Å². The molecule has 0 aromatic carbocycles. The molecule has 1 amide bonds. The SMILES string of the molecule is CCOC(=O)C(NC(=O)C(C)Br)C(C)CC. The smallest absolute Gasteiger partial charge is 0.328 e. The average molecular weight is 294 g/mol. The Morgan fingerprint density at radius 3 is 2.25 bits per heavy atom. The Kier molecular flexibility index (Phi) is 7.38. The van der Waals surface area contributed by atoms with Crippen molar-refractivity contribution >= 4 is 27.8 Å². The maximum Gasteiger partial charge on any atom is 0.328 e. The number of carbonyl (C=O) groups is 2. The van der Waals surface area contributed by atoms with Crippen LogP contribution >= 0.6 is 15.9 Å². The van der Waals surface area contributed by atoms with Gasteiger partial charge in [-0.1, -0.05) is 36.2 Å². The molecule has 0 fully saturated rings. The summed E-state index contributed by atoms with van der Waals surface area (Å²) in [6.07, 6.45) is 0.806. The van der Waals surface area contributed by atoms with E-state index in [0.29, 0.717) is 6.61 Å². The first-order valence-corrected chi connectivity index (χ1v) is 6.46. The molecule has 0 saturated heterocycles. The summed E-state index contributed by atoms with van der Waals surface area (Å²) in [4.78, 5) is 22.9. The molecule has 4 nitrogen and oxygen atoms in total. The van der Waals surface area contributed by atoms with Crippen molar-refractivity contribution in [1.29, 1.82) is 0 Å². The van der Waals surface area contributed by atoms with Gasteiger partial charge in [0.15, 0.2) is 0 Å². The predicted octanol–water partition coefficient (Wildman–Crippen LogP) is 1.86. The van der Waals surface area contributed by atoms with Gasteiger partial charge < -0.3 is 10.1 Å². The summed E-state index contributed by atoms with van der Waals surface area (Å²) in [5, 5.41) is 2.69. The Labute approximate surface area is 105 Å². The Balaban J connectivity index is 4.55. The Hall–Kier alpha value is -0.580. The van der Waals surface area contributed by atoms with Crippen molar-refractivity contribution in [2.45, 2.75) is 45.0 Å². The molecule has 0 aromatic rings. The fourth-order valence-corrected chi connectivity index (χ4v) is 1.30. The van der Waals surface area contributed by atoms with Gasteiger partial charge in [0.1, 0.15) is 6.04 Å². The second-order valence-corrected chi connectivity index (χ2v) is 5.11. The van der Waals surface area contributed by atoms with E-state index in [4.69, 9.17) is 4.74 Å². The number of carbonyl (C=O) groups excluding carboxylic acids is 2. The van der Waals surface area contributed by atoms with Crippen molar-refractivity contribution < 1.29 is 14.3 Å². The zero-order valence-corrected chi connectivity index (χ0v) is 11.8. The third-order valence-corrected chi connectivity index (χ3v) is 2.83. The van der Waals surface area contributed by atoms with E-state index in [0.717, 1.165) is 6.42 Å². The van der Waals surface area contributed by atoms with Gasteiger partial charge in [-0.25, -0.2) is 4.79 Å². The summed E-state index contributed by atoms with van der Waals surface area (Å²) in [6.45, 7) is 7.68. The Morgan fingerprint density at radius 2 is 1.88 bits per heavy atom. The zero-order chi connectivity index (χ0) is 12.7. The number of nitrogens with one attached hydrogen (secondary N) is 1. The number of hydrogen-bond acceptors (Lipinski definition) is 3. The van der Waals surface area contributed by atoms with Crippen LogP contribution in [-0.2, 0) is 14.3 Å². The van der Waals surface area contributed by atoms with Crippen LogP contribution in [0.5, 0.6) is 0 Å². The van der Waals surface area contributed by atoms with Gasteiger partial charge in [-0.15, -0.1) is 0 Å².